The lowest BCUT2D eigenvalue weighted by Crippen LogP contribution is -2.10. The molecule has 0 aliphatic heterocycles. The van der Waals surface area contributed by atoms with Crippen LogP contribution in [0, 0.1) is 13.8 Å². The molecule has 1 N–H and O–H groups in total. The number of carbonyl (C=O) groups is 1. The van der Waals surface area contributed by atoms with Gasteiger partial charge in [0.05, 0.1) is 32.8 Å². The average molecular weight is 486 g/mol. The van der Waals surface area contributed by atoms with Gasteiger partial charge in [0.2, 0.25) is 5.91 Å². The summed E-state index contributed by atoms with van der Waals surface area (Å²) in [5.74, 6) is 1.82. The molecule has 1 aromatic heterocycles. The molecule has 186 valence electrons. The van der Waals surface area contributed by atoms with E-state index in [2.05, 4.69) is 5.32 Å². The molecule has 0 aliphatic rings. The standard InChI is InChI=1S/C30H31NO5/c1-7-35-29-20(4)30-24(25(17-36-30)21-9-8-10-22(15-21)33-5)16-23(29)19(3)14-28(32)31-26-13-18(2)11-12-27(26)34-6/h8-17H,7H2,1-6H3,(H,31,32)/b19-14+. The Bertz CT molecular complexity index is 1450. The van der Waals surface area contributed by atoms with Gasteiger partial charge in [0.1, 0.15) is 22.8 Å². The van der Waals surface area contributed by atoms with E-state index in [1.54, 1.807) is 26.6 Å². The molecule has 0 unspecified atom stereocenters. The average Bonchev–Trinajstić information content (AvgIpc) is 3.30. The third-order valence-corrected chi connectivity index (χ3v) is 6.10. The minimum absolute atomic E-state index is 0.253. The number of nitrogens with one attached hydrogen (secondary N) is 1. The van der Waals surface area contributed by atoms with Crippen molar-refractivity contribution in [3.63, 3.8) is 0 Å². The number of allylic oxidation sites excluding steroid dienone is 1. The third kappa shape index (κ3) is 4.93. The quantitative estimate of drug-likeness (QED) is 0.268. The summed E-state index contributed by atoms with van der Waals surface area (Å²) in [5.41, 5.74) is 6.80. The number of anilines is 1. The lowest BCUT2D eigenvalue weighted by Gasteiger charge is -2.15. The number of furan rings is 1. The lowest BCUT2D eigenvalue weighted by molar-refractivity contribution is -0.111. The Kier molecular flexibility index (Phi) is 7.34. The lowest BCUT2D eigenvalue weighted by atomic mass is 9.96. The number of hydrogen-bond acceptors (Lipinski definition) is 5. The largest absolute Gasteiger partial charge is 0.497 e. The van der Waals surface area contributed by atoms with Crippen LogP contribution in [0.15, 0.2) is 65.3 Å². The summed E-state index contributed by atoms with van der Waals surface area (Å²) in [5, 5.41) is 3.88. The Morgan fingerprint density at radius 1 is 1.06 bits per heavy atom. The molecular formula is C30H31NO5. The van der Waals surface area contributed by atoms with E-state index >= 15 is 0 Å². The van der Waals surface area contributed by atoms with Crippen LogP contribution in [0.3, 0.4) is 0 Å². The number of benzene rings is 3. The van der Waals surface area contributed by atoms with E-state index in [1.165, 1.54) is 0 Å². The van der Waals surface area contributed by atoms with Gasteiger partial charge < -0.3 is 23.9 Å². The SMILES string of the molecule is CCOc1c(/C(C)=C/C(=O)Nc2cc(C)ccc2OC)cc2c(-c3cccc(OC)c3)coc2c1C. The van der Waals surface area contributed by atoms with Gasteiger partial charge in [0.25, 0.3) is 0 Å². The van der Waals surface area contributed by atoms with Crippen molar-refractivity contribution in [3.8, 4) is 28.4 Å². The molecule has 36 heavy (non-hydrogen) atoms. The summed E-state index contributed by atoms with van der Waals surface area (Å²) >= 11 is 0. The van der Waals surface area contributed by atoms with Crippen molar-refractivity contribution in [2.45, 2.75) is 27.7 Å². The number of amides is 1. The van der Waals surface area contributed by atoms with Crippen LogP contribution in [-0.4, -0.2) is 26.7 Å². The fourth-order valence-electron chi connectivity index (χ4n) is 4.32. The first-order valence-corrected chi connectivity index (χ1v) is 11.8. The van der Waals surface area contributed by atoms with Crippen LogP contribution in [0.2, 0.25) is 0 Å². The number of fused-ring (bicyclic) bond motifs is 1. The van der Waals surface area contributed by atoms with Gasteiger partial charge in [-0.05, 0) is 74.7 Å². The van der Waals surface area contributed by atoms with Crippen molar-refractivity contribution >= 4 is 28.1 Å². The van der Waals surface area contributed by atoms with E-state index in [4.69, 9.17) is 18.6 Å². The van der Waals surface area contributed by atoms with Crippen LogP contribution < -0.4 is 19.5 Å². The van der Waals surface area contributed by atoms with E-state index in [0.717, 1.165) is 50.1 Å². The van der Waals surface area contributed by atoms with Crippen molar-refractivity contribution in [2.75, 3.05) is 26.1 Å². The fourth-order valence-corrected chi connectivity index (χ4v) is 4.32. The van der Waals surface area contributed by atoms with Crippen LogP contribution in [0.1, 0.15) is 30.5 Å². The molecule has 4 rings (SSSR count). The molecule has 1 amide bonds. The molecule has 6 heteroatoms. The molecule has 1 heterocycles. The van der Waals surface area contributed by atoms with E-state index in [1.807, 2.05) is 76.2 Å². The van der Waals surface area contributed by atoms with Crippen molar-refractivity contribution in [1.29, 1.82) is 0 Å². The highest BCUT2D eigenvalue weighted by atomic mass is 16.5. The number of methoxy groups -OCH3 is 2. The monoisotopic (exact) mass is 485 g/mol. The van der Waals surface area contributed by atoms with Gasteiger partial charge in [-0.1, -0.05) is 18.2 Å². The summed E-state index contributed by atoms with van der Waals surface area (Å²) in [6.07, 6.45) is 3.33. The molecule has 0 saturated carbocycles. The highest BCUT2D eigenvalue weighted by Crippen LogP contribution is 2.41. The van der Waals surface area contributed by atoms with Crippen LogP contribution in [0.25, 0.3) is 27.7 Å². The first kappa shape index (κ1) is 24.9. The van der Waals surface area contributed by atoms with E-state index in [9.17, 15) is 4.79 Å². The zero-order valence-electron chi connectivity index (χ0n) is 21.5. The molecule has 0 aliphatic carbocycles. The minimum Gasteiger partial charge on any atom is -0.497 e. The second kappa shape index (κ2) is 10.6. The first-order chi connectivity index (χ1) is 17.4. The summed E-state index contributed by atoms with van der Waals surface area (Å²) in [6.45, 7) is 8.27. The third-order valence-electron chi connectivity index (χ3n) is 6.10. The summed E-state index contributed by atoms with van der Waals surface area (Å²) in [6, 6.07) is 15.5. The van der Waals surface area contributed by atoms with Crippen molar-refractivity contribution < 1.29 is 23.4 Å². The molecule has 0 fully saturated rings. The highest BCUT2D eigenvalue weighted by molar-refractivity contribution is 6.06. The van der Waals surface area contributed by atoms with Gasteiger partial charge in [-0.3, -0.25) is 4.79 Å². The normalized spacial score (nSPS) is 11.4. The van der Waals surface area contributed by atoms with E-state index in [-0.39, 0.29) is 5.91 Å². The van der Waals surface area contributed by atoms with Crippen LogP contribution >= 0.6 is 0 Å². The number of rotatable bonds is 8. The second-order valence-corrected chi connectivity index (χ2v) is 8.59. The van der Waals surface area contributed by atoms with E-state index in [0.29, 0.717) is 23.8 Å². The fraction of sp³-hybridized carbons (Fsp3) is 0.233. The molecule has 0 radical (unpaired) electrons. The van der Waals surface area contributed by atoms with Crippen LogP contribution in [-0.2, 0) is 4.79 Å². The Hall–Kier alpha value is -4.19. The first-order valence-electron chi connectivity index (χ1n) is 11.8. The molecule has 0 bridgehead atoms. The van der Waals surface area contributed by atoms with Gasteiger partial charge in [-0.2, -0.15) is 0 Å². The maximum Gasteiger partial charge on any atom is 0.248 e. The molecule has 3 aromatic carbocycles. The summed E-state index contributed by atoms with van der Waals surface area (Å²) in [7, 11) is 3.23. The van der Waals surface area contributed by atoms with Gasteiger partial charge in [-0.15, -0.1) is 0 Å². The molecule has 0 spiro atoms. The summed E-state index contributed by atoms with van der Waals surface area (Å²) in [4.78, 5) is 13.0. The second-order valence-electron chi connectivity index (χ2n) is 8.59. The molecule has 4 aromatic rings. The van der Waals surface area contributed by atoms with Gasteiger partial charge in [0, 0.05) is 28.2 Å². The maximum absolute atomic E-state index is 13.0. The van der Waals surface area contributed by atoms with Gasteiger partial charge >= 0.3 is 0 Å². The Morgan fingerprint density at radius 2 is 1.86 bits per heavy atom. The molecule has 0 saturated heterocycles. The Labute approximate surface area is 211 Å². The van der Waals surface area contributed by atoms with Crippen LogP contribution in [0.4, 0.5) is 5.69 Å². The van der Waals surface area contributed by atoms with Crippen molar-refractivity contribution in [3.05, 3.63) is 77.6 Å². The van der Waals surface area contributed by atoms with Crippen molar-refractivity contribution in [2.24, 2.45) is 0 Å². The molecular weight excluding hydrogens is 454 g/mol. The number of hydrogen-bond donors (Lipinski definition) is 1. The Balaban J connectivity index is 1.78. The topological polar surface area (TPSA) is 69.9 Å². The molecule has 6 nitrogen and oxygen atoms in total. The minimum atomic E-state index is -0.253. The highest BCUT2D eigenvalue weighted by Gasteiger charge is 2.19. The Morgan fingerprint density at radius 3 is 2.58 bits per heavy atom. The van der Waals surface area contributed by atoms with E-state index < -0.39 is 0 Å². The smallest absolute Gasteiger partial charge is 0.248 e. The zero-order chi connectivity index (χ0) is 25.8. The number of carbonyl (C=O) groups excluding carboxylic acids is 1. The zero-order valence-corrected chi connectivity index (χ0v) is 21.5. The van der Waals surface area contributed by atoms with Gasteiger partial charge in [0.15, 0.2) is 0 Å². The summed E-state index contributed by atoms with van der Waals surface area (Å²) < 4.78 is 22.8. The number of aryl methyl sites for hydroxylation is 2. The maximum atomic E-state index is 13.0. The van der Waals surface area contributed by atoms with Gasteiger partial charge in [-0.25, -0.2) is 0 Å². The molecule has 0 atom stereocenters. The predicted molar refractivity (Wildman–Crippen MR) is 144 cm³/mol. The van der Waals surface area contributed by atoms with Crippen molar-refractivity contribution in [1.82, 2.24) is 0 Å². The predicted octanol–water partition coefficient (Wildman–Crippen LogP) is 7.17. The number of ether oxygens (including phenoxy) is 3. The van der Waals surface area contributed by atoms with Crippen LogP contribution in [0.5, 0.6) is 17.2 Å².